The number of phenolic OH excluding ortho intramolecular Hbond substituents is 1. The Morgan fingerprint density at radius 2 is 2.00 bits per heavy atom. The van der Waals surface area contributed by atoms with Gasteiger partial charge in [0.05, 0.1) is 12.2 Å². The van der Waals surface area contributed by atoms with Crippen LogP contribution in [0.15, 0.2) is 48.5 Å². The van der Waals surface area contributed by atoms with Crippen LogP contribution in [0.3, 0.4) is 0 Å². The molecule has 0 saturated carbocycles. The van der Waals surface area contributed by atoms with E-state index < -0.39 is 5.60 Å². The number of rotatable bonds is 7. The van der Waals surface area contributed by atoms with Gasteiger partial charge in [-0.25, -0.2) is 0 Å². The summed E-state index contributed by atoms with van der Waals surface area (Å²) in [4.78, 5) is 0. The van der Waals surface area contributed by atoms with Crippen LogP contribution in [0.1, 0.15) is 30.4 Å². The van der Waals surface area contributed by atoms with Gasteiger partial charge in [0.15, 0.2) is 0 Å². The van der Waals surface area contributed by atoms with Gasteiger partial charge >= 0.3 is 0 Å². The Labute approximate surface area is 155 Å². The number of hydrogen-bond donors (Lipinski definition) is 3. The zero-order chi connectivity index (χ0) is 18.4. The van der Waals surface area contributed by atoms with Crippen molar-refractivity contribution < 1.29 is 14.9 Å². The number of benzene rings is 2. The zero-order valence-electron chi connectivity index (χ0n) is 15.4. The van der Waals surface area contributed by atoms with Gasteiger partial charge in [-0.15, -0.1) is 0 Å². The minimum atomic E-state index is -0.661. The molecule has 3 rings (SSSR count). The number of ether oxygens (including phenoxy) is 1. The molecular formula is C22H29NO3. The summed E-state index contributed by atoms with van der Waals surface area (Å²) >= 11 is 0. The van der Waals surface area contributed by atoms with Crippen LogP contribution in [0.25, 0.3) is 0 Å². The Morgan fingerprint density at radius 1 is 1.19 bits per heavy atom. The van der Waals surface area contributed by atoms with Crippen LogP contribution in [0.5, 0.6) is 11.5 Å². The molecule has 1 aliphatic rings. The molecule has 140 valence electrons. The van der Waals surface area contributed by atoms with E-state index in [-0.39, 0.29) is 11.7 Å². The van der Waals surface area contributed by atoms with Crippen molar-refractivity contribution >= 4 is 0 Å². The first-order valence-corrected chi connectivity index (χ1v) is 9.46. The quantitative estimate of drug-likeness (QED) is 0.666. The van der Waals surface area contributed by atoms with Gasteiger partial charge in [-0.1, -0.05) is 35.9 Å². The molecule has 0 bridgehead atoms. The first-order valence-electron chi connectivity index (χ1n) is 9.46. The van der Waals surface area contributed by atoms with Gasteiger partial charge in [0.2, 0.25) is 0 Å². The molecule has 1 fully saturated rings. The first-order chi connectivity index (χ1) is 12.5. The fourth-order valence-electron chi connectivity index (χ4n) is 3.73. The number of hydrogen-bond acceptors (Lipinski definition) is 4. The van der Waals surface area contributed by atoms with Crippen LogP contribution in [0, 0.1) is 12.8 Å². The van der Waals surface area contributed by atoms with Crippen LogP contribution in [-0.4, -0.2) is 35.5 Å². The maximum atomic E-state index is 11.3. The average molecular weight is 355 g/mol. The smallest absolute Gasteiger partial charge is 0.122 e. The average Bonchev–Trinajstić information content (AvgIpc) is 2.62. The van der Waals surface area contributed by atoms with E-state index in [1.165, 1.54) is 11.1 Å². The van der Waals surface area contributed by atoms with Gasteiger partial charge in [-0.3, -0.25) is 0 Å². The largest absolute Gasteiger partial charge is 0.508 e. The molecule has 2 aromatic rings. The Bertz CT molecular complexity index is 701. The van der Waals surface area contributed by atoms with Crippen LogP contribution in [0.2, 0.25) is 0 Å². The maximum Gasteiger partial charge on any atom is 0.122 e. The van der Waals surface area contributed by atoms with E-state index >= 15 is 0 Å². The lowest BCUT2D eigenvalue weighted by atomic mass is 9.75. The fraction of sp³-hybridized carbons (Fsp3) is 0.455. The second-order valence-electron chi connectivity index (χ2n) is 7.41. The number of aliphatic hydroxyl groups is 1. The molecule has 0 aliphatic carbocycles. The topological polar surface area (TPSA) is 61.7 Å². The highest BCUT2D eigenvalue weighted by atomic mass is 16.5. The van der Waals surface area contributed by atoms with Gasteiger partial charge in [-0.05, 0) is 50.4 Å². The molecular weight excluding hydrogens is 326 g/mol. The Balaban J connectivity index is 1.53. The molecule has 1 saturated heterocycles. The van der Waals surface area contributed by atoms with E-state index in [2.05, 4.69) is 36.5 Å². The van der Waals surface area contributed by atoms with Gasteiger partial charge in [0.1, 0.15) is 11.5 Å². The van der Waals surface area contributed by atoms with Crippen LogP contribution >= 0.6 is 0 Å². The van der Waals surface area contributed by atoms with E-state index in [1.807, 2.05) is 6.07 Å². The van der Waals surface area contributed by atoms with Crippen molar-refractivity contribution in [2.24, 2.45) is 5.92 Å². The molecule has 0 aromatic heterocycles. The predicted octanol–water partition coefficient (Wildman–Crippen LogP) is 3.44. The molecule has 4 heteroatoms. The van der Waals surface area contributed by atoms with Crippen molar-refractivity contribution in [1.82, 2.24) is 5.32 Å². The standard InChI is InChI=1S/C22H29NO3/c1-17-7-9-18(10-8-17)15-22(25)11-12-23-16-19(22)4-3-13-26-21-6-2-5-20(24)14-21/h2,5-10,14,19,23-25H,3-4,11-13,15-16H2,1H3. The highest BCUT2D eigenvalue weighted by molar-refractivity contribution is 5.31. The fourth-order valence-corrected chi connectivity index (χ4v) is 3.73. The minimum absolute atomic E-state index is 0.213. The summed E-state index contributed by atoms with van der Waals surface area (Å²) in [5, 5.41) is 24.2. The molecule has 2 atom stereocenters. The van der Waals surface area contributed by atoms with Gasteiger partial charge in [0.25, 0.3) is 0 Å². The molecule has 0 radical (unpaired) electrons. The van der Waals surface area contributed by atoms with Crippen LogP contribution in [0.4, 0.5) is 0 Å². The van der Waals surface area contributed by atoms with Crippen molar-refractivity contribution in [2.45, 2.75) is 38.2 Å². The van der Waals surface area contributed by atoms with E-state index in [0.717, 1.165) is 32.4 Å². The number of phenols is 1. The number of piperidine rings is 1. The molecule has 1 heterocycles. The third-order valence-corrected chi connectivity index (χ3v) is 5.30. The molecule has 1 aliphatic heterocycles. The summed E-state index contributed by atoms with van der Waals surface area (Å²) in [5.74, 6) is 1.11. The van der Waals surface area contributed by atoms with Gasteiger partial charge in [0, 0.05) is 24.9 Å². The molecule has 2 unspecified atom stereocenters. The lowest BCUT2D eigenvalue weighted by molar-refractivity contribution is -0.0446. The van der Waals surface area contributed by atoms with E-state index in [9.17, 15) is 10.2 Å². The summed E-state index contributed by atoms with van der Waals surface area (Å²) < 4.78 is 5.72. The predicted molar refractivity (Wildman–Crippen MR) is 104 cm³/mol. The minimum Gasteiger partial charge on any atom is -0.508 e. The normalized spacial score (nSPS) is 22.9. The van der Waals surface area contributed by atoms with Gasteiger partial charge < -0.3 is 20.3 Å². The second-order valence-corrected chi connectivity index (χ2v) is 7.41. The monoisotopic (exact) mass is 355 g/mol. The zero-order valence-corrected chi connectivity index (χ0v) is 15.4. The summed E-state index contributed by atoms with van der Waals surface area (Å²) in [6.07, 6.45) is 3.26. The molecule has 3 N–H and O–H groups in total. The summed E-state index contributed by atoms with van der Waals surface area (Å²) in [7, 11) is 0. The summed E-state index contributed by atoms with van der Waals surface area (Å²) in [6, 6.07) is 15.3. The first kappa shape index (κ1) is 18.7. The lowest BCUT2D eigenvalue weighted by Gasteiger charge is -2.41. The highest BCUT2D eigenvalue weighted by Crippen LogP contribution is 2.32. The number of aryl methyl sites for hydroxylation is 1. The lowest BCUT2D eigenvalue weighted by Crippen LogP contribution is -2.51. The van der Waals surface area contributed by atoms with Crippen molar-refractivity contribution in [3.63, 3.8) is 0 Å². The van der Waals surface area contributed by atoms with Crippen LogP contribution < -0.4 is 10.1 Å². The van der Waals surface area contributed by atoms with Crippen molar-refractivity contribution in [1.29, 1.82) is 0 Å². The molecule has 4 nitrogen and oxygen atoms in total. The SMILES string of the molecule is Cc1ccc(CC2(O)CCNCC2CCCOc2cccc(O)c2)cc1. The van der Waals surface area contributed by atoms with E-state index in [0.29, 0.717) is 18.8 Å². The maximum absolute atomic E-state index is 11.3. The third kappa shape index (κ3) is 4.99. The molecule has 0 spiro atoms. The second kappa shape index (κ2) is 8.56. The molecule has 2 aromatic carbocycles. The van der Waals surface area contributed by atoms with E-state index in [1.54, 1.807) is 18.2 Å². The molecule has 26 heavy (non-hydrogen) atoms. The number of nitrogens with one attached hydrogen (secondary N) is 1. The van der Waals surface area contributed by atoms with Gasteiger partial charge in [-0.2, -0.15) is 0 Å². The van der Waals surface area contributed by atoms with Crippen molar-refractivity contribution in [3.05, 3.63) is 59.7 Å². The van der Waals surface area contributed by atoms with Crippen molar-refractivity contribution in [2.75, 3.05) is 19.7 Å². The summed E-state index contributed by atoms with van der Waals surface area (Å²) in [6.45, 7) is 4.37. The Hall–Kier alpha value is -2.04. The highest BCUT2D eigenvalue weighted by Gasteiger charge is 2.38. The van der Waals surface area contributed by atoms with E-state index in [4.69, 9.17) is 4.74 Å². The Morgan fingerprint density at radius 3 is 2.77 bits per heavy atom. The number of aromatic hydroxyl groups is 1. The molecule has 0 amide bonds. The van der Waals surface area contributed by atoms with Crippen molar-refractivity contribution in [3.8, 4) is 11.5 Å². The van der Waals surface area contributed by atoms with Crippen LogP contribution in [-0.2, 0) is 6.42 Å². The Kier molecular flexibility index (Phi) is 6.17. The third-order valence-electron chi connectivity index (χ3n) is 5.30. The summed E-state index contributed by atoms with van der Waals surface area (Å²) in [5.41, 5.74) is 1.78.